The Morgan fingerprint density at radius 1 is 1.11 bits per heavy atom. The highest BCUT2D eigenvalue weighted by atomic mass is 79.9. The molecular formula is C21H19BrN2O3. The topological polar surface area (TPSA) is 61.2 Å². The molecule has 3 aromatic rings. The van der Waals surface area contributed by atoms with Gasteiger partial charge in [0, 0.05) is 17.0 Å². The maximum absolute atomic E-state index is 12.3. The standard InChI is InChI=1S/C21H19BrN2O3/c1-14-6-7-15(12-22)11-18(14)19-8-9-20(25)24(23-19)13-16-4-3-5-17(10-16)21(26)27-2/h3-11H,12-13H2,1-2H3. The molecule has 0 saturated carbocycles. The minimum absolute atomic E-state index is 0.198. The van der Waals surface area contributed by atoms with Gasteiger partial charge in [-0.25, -0.2) is 9.48 Å². The molecule has 2 aromatic carbocycles. The van der Waals surface area contributed by atoms with Gasteiger partial charge in [0.15, 0.2) is 0 Å². The Hall–Kier alpha value is -2.73. The molecule has 0 spiro atoms. The zero-order chi connectivity index (χ0) is 19.4. The van der Waals surface area contributed by atoms with E-state index >= 15 is 0 Å². The second-order valence-electron chi connectivity index (χ2n) is 6.19. The highest BCUT2D eigenvalue weighted by Crippen LogP contribution is 2.23. The third kappa shape index (κ3) is 4.34. The number of nitrogens with zero attached hydrogens (tertiary/aromatic N) is 2. The second-order valence-corrected chi connectivity index (χ2v) is 6.75. The molecule has 0 N–H and O–H groups in total. The second kappa shape index (κ2) is 8.31. The van der Waals surface area contributed by atoms with Crippen LogP contribution in [0.15, 0.2) is 59.4 Å². The Kier molecular flexibility index (Phi) is 5.86. The zero-order valence-electron chi connectivity index (χ0n) is 15.1. The van der Waals surface area contributed by atoms with Crippen molar-refractivity contribution in [3.05, 3.63) is 87.2 Å². The average Bonchev–Trinajstić information content (AvgIpc) is 2.69. The third-order valence-electron chi connectivity index (χ3n) is 4.28. The van der Waals surface area contributed by atoms with Crippen molar-refractivity contribution >= 4 is 21.9 Å². The summed E-state index contributed by atoms with van der Waals surface area (Å²) in [5.74, 6) is -0.409. The van der Waals surface area contributed by atoms with Gasteiger partial charge in [0.05, 0.1) is 24.9 Å². The molecule has 0 atom stereocenters. The molecule has 0 radical (unpaired) electrons. The van der Waals surface area contributed by atoms with Gasteiger partial charge in [0.2, 0.25) is 0 Å². The number of ether oxygens (including phenoxy) is 1. The minimum Gasteiger partial charge on any atom is -0.465 e. The summed E-state index contributed by atoms with van der Waals surface area (Å²) in [6.45, 7) is 2.29. The van der Waals surface area contributed by atoms with Gasteiger partial charge < -0.3 is 4.74 Å². The molecule has 0 aliphatic carbocycles. The Morgan fingerprint density at radius 3 is 2.67 bits per heavy atom. The van der Waals surface area contributed by atoms with E-state index in [1.165, 1.54) is 17.9 Å². The van der Waals surface area contributed by atoms with Gasteiger partial charge in [-0.05, 0) is 47.9 Å². The van der Waals surface area contributed by atoms with Crippen LogP contribution < -0.4 is 5.56 Å². The number of carbonyl (C=O) groups is 1. The summed E-state index contributed by atoms with van der Waals surface area (Å²) in [4.78, 5) is 24.0. The van der Waals surface area contributed by atoms with E-state index in [9.17, 15) is 9.59 Å². The van der Waals surface area contributed by atoms with E-state index in [1.807, 2.05) is 19.1 Å². The smallest absolute Gasteiger partial charge is 0.337 e. The molecule has 0 unspecified atom stereocenters. The first kappa shape index (κ1) is 19.0. The number of benzene rings is 2. The van der Waals surface area contributed by atoms with E-state index < -0.39 is 5.97 Å². The van der Waals surface area contributed by atoms with Crippen LogP contribution in [0, 0.1) is 6.92 Å². The molecular weight excluding hydrogens is 408 g/mol. The van der Waals surface area contributed by atoms with Gasteiger partial charge in [0.1, 0.15) is 0 Å². The van der Waals surface area contributed by atoms with Crippen LogP contribution >= 0.6 is 15.9 Å². The van der Waals surface area contributed by atoms with Crippen molar-refractivity contribution in [3.8, 4) is 11.3 Å². The van der Waals surface area contributed by atoms with Gasteiger partial charge in [-0.15, -0.1) is 0 Å². The van der Waals surface area contributed by atoms with Crippen LogP contribution in [-0.2, 0) is 16.6 Å². The van der Waals surface area contributed by atoms with Crippen LogP contribution in [-0.4, -0.2) is 22.9 Å². The number of aryl methyl sites for hydroxylation is 1. The van der Waals surface area contributed by atoms with Crippen LogP contribution in [0.25, 0.3) is 11.3 Å². The predicted molar refractivity (Wildman–Crippen MR) is 108 cm³/mol. The predicted octanol–water partition coefficient (Wildman–Crippen LogP) is 3.95. The van der Waals surface area contributed by atoms with Crippen LogP contribution in [0.3, 0.4) is 0 Å². The van der Waals surface area contributed by atoms with E-state index in [2.05, 4.69) is 33.2 Å². The fourth-order valence-electron chi connectivity index (χ4n) is 2.82. The molecule has 1 heterocycles. The normalized spacial score (nSPS) is 10.6. The zero-order valence-corrected chi connectivity index (χ0v) is 16.7. The molecule has 138 valence electrons. The molecule has 0 amide bonds. The molecule has 3 rings (SSSR count). The monoisotopic (exact) mass is 426 g/mol. The Bertz CT molecular complexity index is 1040. The summed E-state index contributed by atoms with van der Waals surface area (Å²) < 4.78 is 6.16. The van der Waals surface area contributed by atoms with E-state index in [0.29, 0.717) is 5.56 Å². The molecule has 0 aliphatic rings. The molecule has 0 aliphatic heterocycles. The molecule has 0 bridgehead atoms. The number of halogens is 1. The SMILES string of the molecule is COC(=O)c1cccc(Cn2nc(-c3cc(CBr)ccc3C)ccc2=O)c1. The Morgan fingerprint density at radius 2 is 1.93 bits per heavy atom. The first-order chi connectivity index (χ1) is 13.0. The maximum Gasteiger partial charge on any atom is 0.337 e. The van der Waals surface area contributed by atoms with E-state index in [4.69, 9.17) is 4.74 Å². The van der Waals surface area contributed by atoms with Crippen molar-refractivity contribution in [1.82, 2.24) is 9.78 Å². The molecule has 6 heteroatoms. The number of methoxy groups -OCH3 is 1. The Labute approximate surface area is 165 Å². The summed E-state index contributed by atoms with van der Waals surface area (Å²) in [6, 6.07) is 16.4. The van der Waals surface area contributed by atoms with Gasteiger partial charge in [0.25, 0.3) is 5.56 Å². The first-order valence-electron chi connectivity index (χ1n) is 8.43. The minimum atomic E-state index is -0.409. The molecule has 0 fully saturated rings. The fraction of sp³-hybridized carbons (Fsp3) is 0.190. The maximum atomic E-state index is 12.3. The van der Waals surface area contributed by atoms with Gasteiger partial charge >= 0.3 is 5.97 Å². The van der Waals surface area contributed by atoms with Crippen LogP contribution in [0.1, 0.15) is 27.0 Å². The van der Waals surface area contributed by atoms with Crippen molar-refractivity contribution in [2.75, 3.05) is 7.11 Å². The number of hydrogen-bond donors (Lipinski definition) is 0. The Balaban J connectivity index is 1.98. The summed E-state index contributed by atoms with van der Waals surface area (Å²) >= 11 is 3.47. The van der Waals surface area contributed by atoms with Crippen LogP contribution in [0.4, 0.5) is 0 Å². The van der Waals surface area contributed by atoms with Crippen molar-refractivity contribution < 1.29 is 9.53 Å². The molecule has 0 saturated heterocycles. The van der Waals surface area contributed by atoms with E-state index in [-0.39, 0.29) is 12.1 Å². The lowest BCUT2D eigenvalue weighted by Crippen LogP contribution is -2.23. The number of esters is 1. The first-order valence-corrected chi connectivity index (χ1v) is 9.55. The van der Waals surface area contributed by atoms with Crippen molar-refractivity contribution in [3.63, 3.8) is 0 Å². The number of aromatic nitrogens is 2. The van der Waals surface area contributed by atoms with Gasteiger partial charge in [-0.1, -0.05) is 40.2 Å². The lowest BCUT2D eigenvalue weighted by molar-refractivity contribution is 0.0600. The van der Waals surface area contributed by atoms with Crippen molar-refractivity contribution in [2.24, 2.45) is 0 Å². The molecule has 1 aromatic heterocycles. The number of alkyl halides is 1. The van der Waals surface area contributed by atoms with Crippen molar-refractivity contribution in [1.29, 1.82) is 0 Å². The summed E-state index contributed by atoms with van der Waals surface area (Å²) in [5.41, 5.74) is 5.00. The van der Waals surface area contributed by atoms with E-state index in [0.717, 1.165) is 33.3 Å². The molecule has 27 heavy (non-hydrogen) atoms. The number of hydrogen-bond acceptors (Lipinski definition) is 4. The van der Waals surface area contributed by atoms with Crippen LogP contribution in [0.2, 0.25) is 0 Å². The van der Waals surface area contributed by atoms with E-state index in [1.54, 1.807) is 24.3 Å². The lowest BCUT2D eigenvalue weighted by Gasteiger charge is -2.11. The highest BCUT2D eigenvalue weighted by Gasteiger charge is 2.10. The number of carbonyl (C=O) groups excluding carboxylic acids is 1. The summed E-state index contributed by atoms with van der Waals surface area (Å²) in [7, 11) is 1.34. The quantitative estimate of drug-likeness (QED) is 0.457. The average molecular weight is 427 g/mol. The molecule has 5 nitrogen and oxygen atoms in total. The lowest BCUT2D eigenvalue weighted by atomic mass is 10.0. The summed E-state index contributed by atoms with van der Waals surface area (Å²) in [6.07, 6.45) is 0. The largest absolute Gasteiger partial charge is 0.465 e. The van der Waals surface area contributed by atoms with Gasteiger partial charge in [-0.2, -0.15) is 5.10 Å². The van der Waals surface area contributed by atoms with Crippen molar-refractivity contribution in [2.45, 2.75) is 18.8 Å². The fourth-order valence-corrected chi connectivity index (χ4v) is 3.17. The van der Waals surface area contributed by atoms with Gasteiger partial charge in [-0.3, -0.25) is 4.79 Å². The third-order valence-corrected chi connectivity index (χ3v) is 4.93. The van der Waals surface area contributed by atoms with Crippen LogP contribution in [0.5, 0.6) is 0 Å². The highest BCUT2D eigenvalue weighted by molar-refractivity contribution is 9.08. The number of rotatable bonds is 5. The summed E-state index contributed by atoms with van der Waals surface area (Å²) in [5, 5.41) is 5.29.